The number of carbonyl (C=O) groups excluding carboxylic acids is 2. The molecule has 2 N–H and O–H groups in total. The molecule has 0 aromatic heterocycles. The molecule has 8 heteroatoms. The first-order valence-corrected chi connectivity index (χ1v) is 7.28. The highest BCUT2D eigenvalue weighted by Crippen LogP contribution is 2.25. The van der Waals surface area contributed by atoms with E-state index in [1.54, 1.807) is 14.7 Å². The summed E-state index contributed by atoms with van der Waals surface area (Å²) in [6.07, 6.45) is 0. The lowest BCUT2D eigenvalue weighted by molar-refractivity contribution is -0.142. The van der Waals surface area contributed by atoms with Gasteiger partial charge in [0.15, 0.2) is 0 Å². The smallest absolute Gasteiger partial charge is 0.320 e. The van der Waals surface area contributed by atoms with Crippen molar-refractivity contribution < 1.29 is 19.5 Å². The summed E-state index contributed by atoms with van der Waals surface area (Å²) in [5.41, 5.74) is 0. The lowest BCUT2D eigenvalue weighted by Crippen LogP contribution is -2.56. The number of aliphatic carboxylic acids is 1. The van der Waals surface area contributed by atoms with Crippen molar-refractivity contribution in [2.75, 3.05) is 39.3 Å². The van der Waals surface area contributed by atoms with Gasteiger partial charge in [-0.3, -0.25) is 4.79 Å². The standard InChI is InChI=1S/C13H20N4O4/c1-8-5-16(7-10(8)11(18)19)13(21)15-2-3-17-9(6-15)4-14-12(17)20/h8-10H,2-7H2,1H3,(H,14,20)(H,18,19). The summed E-state index contributed by atoms with van der Waals surface area (Å²) in [5.74, 6) is -1.35. The predicted octanol–water partition coefficient (Wildman–Crippen LogP) is -0.532. The minimum Gasteiger partial charge on any atom is -0.481 e. The van der Waals surface area contributed by atoms with Crippen LogP contribution in [0.2, 0.25) is 0 Å². The van der Waals surface area contributed by atoms with E-state index in [0.29, 0.717) is 32.7 Å². The highest BCUT2D eigenvalue weighted by molar-refractivity contribution is 5.80. The van der Waals surface area contributed by atoms with Gasteiger partial charge in [-0.05, 0) is 5.92 Å². The van der Waals surface area contributed by atoms with Gasteiger partial charge in [0.25, 0.3) is 0 Å². The Kier molecular flexibility index (Phi) is 3.38. The SMILES string of the molecule is CC1CN(C(=O)N2CCN3C(=O)NCC3C2)CC1C(=O)O. The summed E-state index contributed by atoms with van der Waals surface area (Å²) in [7, 11) is 0. The van der Waals surface area contributed by atoms with Gasteiger partial charge in [-0.2, -0.15) is 0 Å². The van der Waals surface area contributed by atoms with Crippen LogP contribution in [-0.4, -0.2) is 83.1 Å². The number of carboxylic acids is 1. The Labute approximate surface area is 122 Å². The van der Waals surface area contributed by atoms with Gasteiger partial charge in [-0.1, -0.05) is 6.92 Å². The van der Waals surface area contributed by atoms with Crippen molar-refractivity contribution in [2.45, 2.75) is 13.0 Å². The number of nitrogens with one attached hydrogen (secondary N) is 1. The van der Waals surface area contributed by atoms with Gasteiger partial charge in [-0.25, -0.2) is 9.59 Å². The molecule has 0 bridgehead atoms. The highest BCUT2D eigenvalue weighted by atomic mass is 16.4. The minimum absolute atomic E-state index is 0.0255. The quantitative estimate of drug-likeness (QED) is 0.680. The Morgan fingerprint density at radius 2 is 1.95 bits per heavy atom. The van der Waals surface area contributed by atoms with Crippen molar-refractivity contribution in [1.82, 2.24) is 20.0 Å². The molecular weight excluding hydrogens is 276 g/mol. The zero-order chi connectivity index (χ0) is 15.1. The molecule has 8 nitrogen and oxygen atoms in total. The van der Waals surface area contributed by atoms with Crippen LogP contribution < -0.4 is 5.32 Å². The molecule has 0 aromatic carbocycles. The third-order valence-electron chi connectivity index (χ3n) is 4.70. The maximum Gasteiger partial charge on any atom is 0.320 e. The Hall–Kier alpha value is -1.99. The second-order valence-corrected chi connectivity index (χ2v) is 6.09. The molecule has 21 heavy (non-hydrogen) atoms. The number of fused-ring (bicyclic) bond motifs is 1. The van der Waals surface area contributed by atoms with Crippen molar-refractivity contribution >= 4 is 18.0 Å². The van der Waals surface area contributed by atoms with Gasteiger partial charge in [0.05, 0.1) is 12.0 Å². The van der Waals surface area contributed by atoms with Crippen molar-refractivity contribution in [2.24, 2.45) is 11.8 Å². The van der Waals surface area contributed by atoms with E-state index in [-0.39, 0.29) is 30.6 Å². The number of carboxylic acid groups (broad SMARTS) is 1. The van der Waals surface area contributed by atoms with Crippen molar-refractivity contribution in [3.8, 4) is 0 Å². The van der Waals surface area contributed by atoms with Crippen LogP contribution in [0.5, 0.6) is 0 Å². The van der Waals surface area contributed by atoms with E-state index < -0.39 is 11.9 Å². The molecule has 3 heterocycles. The summed E-state index contributed by atoms with van der Waals surface area (Å²) in [4.78, 5) is 40.3. The van der Waals surface area contributed by atoms with Crippen LogP contribution in [0.4, 0.5) is 9.59 Å². The third-order valence-corrected chi connectivity index (χ3v) is 4.70. The average Bonchev–Trinajstić information content (AvgIpc) is 3.01. The van der Waals surface area contributed by atoms with Crippen molar-refractivity contribution in [3.05, 3.63) is 0 Å². The fourth-order valence-electron chi connectivity index (χ4n) is 3.42. The molecule has 3 rings (SSSR count). The Morgan fingerprint density at radius 3 is 2.62 bits per heavy atom. The number of amides is 4. The van der Waals surface area contributed by atoms with E-state index in [1.807, 2.05) is 6.92 Å². The molecule has 0 radical (unpaired) electrons. The van der Waals surface area contributed by atoms with Crippen LogP contribution in [0.1, 0.15) is 6.92 Å². The second-order valence-electron chi connectivity index (χ2n) is 6.09. The molecule has 3 saturated heterocycles. The van der Waals surface area contributed by atoms with Crippen LogP contribution in [0, 0.1) is 11.8 Å². The van der Waals surface area contributed by atoms with Crippen molar-refractivity contribution in [3.63, 3.8) is 0 Å². The van der Waals surface area contributed by atoms with E-state index in [1.165, 1.54) is 0 Å². The fraction of sp³-hybridized carbons (Fsp3) is 0.769. The number of nitrogens with zero attached hydrogens (tertiary/aromatic N) is 3. The van der Waals surface area contributed by atoms with Crippen LogP contribution in [-0.2, 0) is 4.79 Å². The van der Waals surface area contributed by atoms with Crippen LogP contribution in [0.3, 0.4) is 0 Å². The highest BCUT2D eigenvalue weighted by Gasteiger charge is 2.41. The van der Waals surface area contributed by atoms with E-state index in [2.05, 4.69) is 5.32 Å². The van der Waals surface area contributed by atoms with Crippen LogP contribution in [0.15, 0.2) is 0 Å². The van der Waals surface area contributed by atoms with Gasteiger partial charge in [0.1, 0.15) is 0 Å². The maximum atomic E-state index is 12.5. The van der Waals surface area contributed by atoms with Crippen LogP contribution >= 0.6 is 0 Å². The number of carbonyl (C=O) groups is 3. The summed E-state index contributed by atoms with van der Waals surface area (Å²) in [5, 5.41) is 11.9. The topological polar surface area (TPSA) is 93.2 Å². The number of rotatable bonds is 1. The molecule has 3 aliphatic rings. The molecule has 0 spiro atoms. The summed E-state index contributed by atoms with van der Waals surface area (Å²) in [6.45, 7) is 4.75. The Bertz CT molecular complexity index is 483. The predicted molar refractivity (Wildman–Crippen MR) is 72.7 cm³/mol. The molecule has 0 aromatic rings. The molecule has 3 atom stereocenters. The lowest BCUT2D eigenvalue weighted by Gasteiger charge is -2.38. The van der Waals surface area contributed by atoms with Gasteiger partial charge in [0.2, 0.25) is 0 Å². The average molecular weight is 296 g/mol. The minimum atomic E-state index is -0.840. The Morgan fingerprint density at radius 1 is 1.19 bits per heavy atom. The molecule has 0 saturated carbocycles. The first-order chi connectivity index (χ1) is 9.97. The molecule has 3 fully saturated rings. The van der Waals surface area contributed by atoms with Gasteiger partial charge in [-0.15, -0.1) is 0 Å². The largest absolute Gasteiger partial charge is 0.481 e. The molecule has 4 amide bonds. The summed E-state index contributed by atoms with van der Waals surface area (Å²) >= 11 is 0. The maximum absolute atomic E-state index is 12.5. The number of hydrogen-bond acceptors (Lipinski definition) is 3. The van der Waals surface area contributed by atoms with Gasteiger partial charge in [0, 0.05) is 39.3 Å². The number of hydrogen-bond donors (Lipinski definition) is 2. The zero-order valence-corrected chi connectivity index (χ0v) is 12.0. The number of urea groups is 2. The summed E-state index contributed by atoms with van der Waals surface area (Å²) in [6, 6.07) is -0.136. The molecular formula is C13H20N4O4. The number of likely N-dealkylation sites (tertiary alicyclic amines) is 1. The normalized spacial score (nSPS) is 32.1. The lowest BCUT2D eigenvalue weighted by atomic mass is 9.99. The molecule has 0 aliphatic carbocycles. The molecule has 116 valence electrons. The van der Waals surface area contributed by atoms with Crippen molar-refractivity contribution in [1.29, 1.82) is 0 Å². The first-order valence-electron chi connectivity index (χ1n) is 7.28. The monoisotopic (exact) mass is 296 g/mol. The van der Waals surface area contributed by atoms with E-state index in [9.17, 15) is 14.4 Å². The van der Waals surface area contributed by atoms with Gasteiger partial charge >= 0.3 is 18.0 Å². The zero-order valence-electron chi connectivity index (χ0n) is 12.0. The molecule has 3 aliphatic heterocycles. The second kappa shape index (κ2) is 5.09. The van der Waals surface area contributed by atoms with E-state index in [4.69, 9.17) is 5.11 Å². The van der Waals surface area contributed by atoms with Crippen LogP contribution in [0.25, 0.3) is 0 Å². The molecule has 3 unspecified atom stereocenters. The first kappa shape index (κ1) is 14.0. The third kappa shape index (κ3) is 2.38. The Balaban J connectivity index is 1.62. The van der Waals surface area contributed by atoms with E-state index >= 15 is 0 Å². The van der Waals surface area contributed by atoms with Gasteiger partial charge < -0.3 is 25.1 Å². The fourth-order valence-corrected chi connectivity index (χ4v) is 3.42. The number of piperazine rings is 1. The van der Waals surface area contributed by atoms with E-state index in [0.717, 1.165) is 0 Å². The summed E-state index contributed by atoms with van der Waals surface area (Å²) < 4.78 is 0.